The molecule has 1 aromatic rings. The molecule has 1 aliphatic rings. The molecule has 0 saturated carbocycles. The van der Waals surface area contributed by atoms with Crippen LogP contribution in [0.3, 0.4) is 0 Å². The summed E-state index contributed by atoms with van der Waals surface area (Å²) in [7, 11) is 0. The zero-order valence-corrected chi connectivity index (χ0v) is 11.7. The lowest BCUT2D eigenvalue weighted by Gasteiger charge is -2.34. The van der Waals surface area contributed by atoms with Crippen molar-refractivity contribution in [1.29, 1.82) is 0 Å². The lowest BCUT2D eigenvalue weighted by Crippen LogP contribution is -2.49. The third kappa shape index (κ3) is 3.45. The number of piperidine rings is 1. The number of hydrogen-bond acceptors (Lipinski definition) is 5. The van der Waals surface area contributed by atoms with Crippen LogP contribution in [0.5, 0.6) is 0 Å². The molecule has 1 saturated heterocycles. The highest BCUT2D eigenvalue weighted by Gasteiger charge is 2.25. The second kappa shape index (κ2) is 6.67. The first-order valence-electron chi connectivity index (χ1n) is 6.45. The van der Waals surface area contributed by atoms with Gasteiger partial charge in [0.25, 0.3) is 0 Å². The highest BCUT2D eigenvalue weighted by atomic mass is 32.1. The first-order chi connectivity index (χ1) is 9.61. The number of aromatic carboxylic acids is 1. The predicted octanol–water partition coefficient (Wildman–Crippen LogP) is 0.898. The number of aliphatic hydroxyl groups is 1. The van der Waals surface area contributed by atoms with Gasteiger partial charge in [-0.05, 0) is 19.3 Å². The third-order valence-electron chi connectivity index (χ3n) is 3.26. The van der Waals surface area contributed by atoms with Crippen LogP contribution in [0.25, 0.3) is 0 Å². The van der Waals surface area contributed by atoms with Crippen LogP contribution in [-0.2, 0) is 6.54 Å². The van der Waals surface area contributed by atoms with E-state index >= 15 is 0 Å². The van der Waals surface area contributed by atoms with Crippen molar-refractivity contribution in [2.24, 2.45) is 0 Å². The molecule has 1 aromatic heterocycles. The molecule has 20 heavy (non-hydrogen) atoms. The Morgan fingerprint density at radius 1 is 1.50 bits per heavy atom. The first-order valence-corrected chi connectivity index (χ1v) is 7.33. The van der Waals surface area contributed by atoms with Crippen molar-refractivity contribution in [2.45, 2.75) is 31.8 Å². The fourth-order valence-electron chi connectivity index (χ4n) is 2.20. The fourth-order valence-corrected chi connectivity index (χ4v) is 2.91. The van der Waals surface area contributed by atoms with Crippen LogP contribution < -0.4 is 5.32 Å². The van der Waals surface area contributed by atoms with E-state index in [0.717, 1.165) is 19.3 Å². The van der Waals surface area contributed by atoms with Gasteiger partial charge >= 0.3 is 12.0 Å². The molecular weight excluding hydrogens is 282 g/mol. The molecule has 2 amide bonds. The second-order valence-corrected chi connectivity index (χ2v) is 5.56. The number of rotatable bonds is 4. The quantitative estimate of drug-likeness (QED) is 0.766. The summed E-state index contributed by atoms with van der Waals surface area (Å²) in [6, 6.07) is -0.370. The van der Waals surface area contributed by atoms with Crippen LogP contribution >= 0.6 is 11.3 Å². The van der Waals surface area contributed by atoms with E-state index in [-0.39, 0.29) is 30.9 Å². The standard InChI is InChI=1S/C12H17N3O4S/c16-6-8-3-1-2-4-15(8)12(19)13-5-10-14-9(7-20-10)11(17)18/h7-8,16H,1-6H2,(H,13,19)(H,17,18). The van der Waals surface area contributed by atoms with Gasteiger partial charge in [-0.2, -0.15) is 0 Å². The van der Waals surface area contributed by atoms with E-state index in [4.69, 9.17) is 5.11 Å². The van der Waals surface area contributed by atoms with Crippen molar-refractivity contribution in [3.63, 3.8) is 0 Å². The summed E-state index contributed by atoms with van der Waals surface area (Å²) in [6.07, 6.45) is 2.76. The minimum Gasteiger partial charge on any atom is -0.476 e. The first kappa shape index (κ1) is 14.7. The number of nitrogens with zero attached hydrogens (tertiary/aromatic N) is 2. The van der Waals surface area contributed by atoms with Crippen LogP contribution in [0.1, 0.15) is 34.8 Å². The van der Waals surface area contributed by atoms with Crippen LogP contribution in [0.4, 0.5) is 4.79 Å². The molecule has 3 N–H and O–H groups in total. The van der Waals surface area contributed by atoms with Gasteiger partial charge in [-0.3, -0.25) is 0 Å². The molecule has 110 valence electrons. The number of carboxylic acids is 1. The molecule has 1 unspecified atom stereocenters. The normalized spacial score (nSPS) is 18.9. The van der Waals surface area contributed by atoms with E-state index in [1.165, 1.54) is 16.7 Å². The van der Waals surface area contributed by atoms with Gasteiger partial charge in [0.2, 0.25) is 0 Å². The van der Waals surface area contributed by atoms with Crippen molar-refractivity contribution in [2.75, 3.05) is 13.2 Å². The summed E-state index contributed by atoms with van der Waals surface area (Å²) in [4.78, 5) is 28.3. The van der Waals surface area contributed by atoms with E-state index in [0.29, 0.717) is 11.6 Å². The number of aromatic nitrogens is 1. The van der Waals surface area contributed by atoms with Gasteiger partial charge in [0.05, 0.1) is 19.2 Å². The summed E-state index contributed by atoms with van der Waals surface area (Å²) < 4.78 is 0. The fraction of sp³-hybridized carbons (Fsp3) is 0.583. The number of aliphatic hydroxyl groups excluding tert-OH is 1. The summed E-state index contributed by atoms with van der Waals surface area (Å²) in [5.74, 6) is -1.07. The Bertz CT molecular complexity index is 491. The van der Waals surface area contributed by atoms with E-state index in [1.54, 1.807) is 4.90 Å². The molecule has 0 aliphatic carbocycles. The monoisotopic (exact) mass is 299 g/mol. The maximum atomic E-state index is 12.0. The van der Waals surface area contributed by atoms with Crippen LogP contribution in [0.2, 0.25) is 0 Å². The van der Waals surface area contributed by atoms with Gasteiger partial charge in [0.15, 0.2) is 5.69 Å². The Morgan fingerprint density at radius 2 is 2.30 bits per heavy atom. The molecule has 7 nitrogen and oxygen atoms in total. The molecule has 0 spiro atoms. The zero-order chi connectivity index (χ0) is 14.5. The van der Waals surface area contributed by atoms with E-state index in [2.05, 4.69) is 10.3 Å². The number of nitrogens with one attached hydrogen (secondary N) is 1. The molecule has 0 aromatic carbocycles. The minimum absolute atomic E-state index is 0.00884. The third-order valence-corrected chi connectivity index (χ3v) is 4.11. The summed E-state index contributed by atoms with van der Waals surface area (Å²) >= 11 is 1.20. The minimum atomic E-state index is -1.07. The molecular formula is C12H17N3O4S. The predicted molar refractivity (Wildman–Crippen MR) is 72.7 cm³/mol. The molecule has 2 rings (SSSR count). The maximum absolute atomic E-state index is 12.0. The number of likely N-dealkylation sites (tertiary alicyclic amines) is 1. The Labute approximate surface area is 120 Å². The molecule has 1 fully saturated rings. The van der Waals surface area contributed by atoms with Gasteiger partial charge in [0.1, 0.15) is 5.01 Å². The Balaban J connectivity index is 1.88. The molecule has 0 bridgehead atoms. The average molecular weight is 299 g/mol. The van der Waals surface area contributed by atoms with E-state index in [9.17, 15) is 14.7 Å². The number of carboxylic acid groups (broad SMARTS) is 1. The lowest BCUT2D eigenvalue weighted by molar-refractivity contribution is 0.0691. The van der Waals surface area contributed by atoms with Gasteiger partial charge in [-0.15, -0.1) is 11.3 Å². The number of hydrogen-bond donors (Lipinski definition) is 3. The van der Waals surface area contributed by atoms with Crippen molar-refractivity contribution in [1.82, 2.24) is 15.2 Å². The molecule has 8 heteroatoms. The Kier molecular flexibility index (Phi) is 4.91. The average Bonchev–Trinajstić information content (AvgIpc) is 2.94. The second-order valence-electron chi connectivity index (χ2n) is 4.62. The van der Waals surface area contributed by atoms with E-state index < -0.39 is 5.97 Å². The largest absolute Gasteiger partial charge is 0.476 e. The number of carbonyl (C=O) groups excluding carboxylic acids is 1. The lowest BCUT2D eigenvalue weighted by atomic mass is 10.0. The summed E-state index contributed by atoms with van der Waals surface area (Å²) in [5.41, 5.74) is -0.00884. The van der Waals surface area contributed by atoms with Crippen LogP contribution in [0, 0.1) is 0 Å². The van der Waals surface area contributed by atoms with Gasteiger partial charge in [-0.1, -0.05) is 0 Å². The van der Waals surface area contributed by atoms with Crippen molar-refractivity contribution in [3.05, 3.63) is 16.1 Å². The molecule has 0 radical (unpaired) electrons. The van der Waals surface area contributed by atoms with Crippen molar-refractivity contribution in [3.8, 4) is 0 Å². The van der Waals surface area contributed by atoms with Crippen LogP contribution in [-0.4, -0.2) is 51.3 Å². The summed E-state index contributed by atoms with van der Waals surface area (Å²) in [5, 5.41) is 22.7. The van der Waals surface area contributed by atoms with E-state index in [1.807, 2.05) is 0 Å². The molecule has 2 heterocycles. The topological polar surface area (TPSA) is 103 Å². The summed E-state index contributed by atoms with van der Waals surface area (Å²) in [6.45, 7) is 0.800. The zero-order valence-electron chi connectivity index (χ0n) is 10.9. The van der Waals surface area contributed by atoms with Crippen LogP contribution in [0.15, 0.2) is 5.38 Å². The number of amides is 2. The number of thiazole rings is 1. The Hall–Kier alpha value is -1.67. The maximum Gasteiger partial charge on any atom is 0.355 e. The smallest absolute Gasteiger partial charge is 0.355 e. The molecule has 1 aliphatic heterocycles. The van der Waals surface area contributed by atoms with Gasteiger partial charge in [0, 0.05) is 11.9 Å². The van der Waals surface area contributed by atoms with Gasteiger partial charge < -0.3 is 20.4 Å². The van der Waals surface area contributed by atoms with Crippen molar-refractivity contribution >= 4 is 23.3 Å². The van der Waals surface area contributed by atoms with Gasteiger partial charge in [-0.25, -0.2) is 14.6 Å². The number of urea groups is 1. The Morgan fingerprint density at radius 3 is 2.95 bits per heavy atom. The number of carbonyl (C=O) groups is 2. The molecule has 1 atom stereocenters. The van der Waals surface area contributed by atoms with Crippen molar-refractivity contribution < 1.29 is 19.8 Å². The highest BCUT2D eigenvalue weighted by Crippen LogP contribution is 2.17. The highest BCUT2D eigenvalue weighted by molar-refractivity contribution is 7.09. The SMILES string of the molecule is O=C(O)c1csc(CNC(=O)N2CCCCC2CO)n1.